The zero-order valence-corrected chi connectivity index (χ0v) is 10.6. The Morgan fingerprint density at radius 1 is 1.35 bits per heavy atom. The molecule has 0 N–H and O–H groups in total. The number of carbonyl (C=O) groups excluding carboxylic acids is 1. The molecule has 1 aromatic rings. The van der Waals surface area contributed by atoms with Crippen LogP contribution in [0.3, 0.4) is 0 Å². The van der Waals surface area contributed by atoms with Crippen LogP contribution in [0.25, 0.3) is 0 Å². The lowest BCUT2D eigenvalue weighted by Gasteiger charge is -2.34. The zero-order valence-electron chi connectivity index (χ0n) is 10.6. The van der Waals surface area contributed by atoms with Crippen molar-refractivity contribution < 1.29 is 9.53 Å². The van der Waals surface area contributed by atoms with Crippen molar-refractivity contribution in [1.29, 1.82) is 0 Å². The van der Waals surface area contributed by atoms with E-state index in [1.807, 2.05) is 42.2 Å². The van der Waals surface area contributed by atoms with Crippen molar-refractivity contribution in [3.05, 3.63) is 35.9 Å². The zero-order chi connectivity index (χ0) is 12.5. The molecule has 0 aromatic heterocycles. The Morgan fingerprint density at radius 3 is 2.53 bits per heavy atom. The lowest BCUT2D eigenvalue weighted by atomic mass is 9.92. The maximum atomic E-state index is 11.9. The van der Waals surface area contributed by atoms with E-state index in [2.05, 4.69) is 13.8 Å². The summed E-state index contributed by atoms with van der Waals surface area (Å²) in [6, 6.07) is 10.1. The fraction of sp³-hybridized carbons (Fsp3) is 0.500. The first-order valence-electron chi connectivity index (χ1n) is 6.09. The Balaban J connectivity index is 2.24. The van der Waals surface area contributed by atoms with Crippen LogP contribution in [-0.4, -0.2) is 23.6 Å². The molecule has 1 aliphatic heterocycles. The Kier molecular flexibility index (Phi) is 3.09. The van der Waals surface area contributed by atoms with Crippen molar-refractivity contribution in [2.45, 2.75) is 38.8 Å². The predicted molar refractivity (Wildman–Crippen MR) is 66.7 cm³/mol. The smallest absolute Gasteiger partial charge is 0.410 e. The summed E-state index contributed by atoms with van der Waals surface area (Å²) in [7, 11) is 0. The highest BCUT2D eigenvalue weighted by Crippen LogP contribution is 2.32. The third-order valence-electron chi connectivity index (χ3n) is 3.48. The second kappa shape index (κ2) is 4.40. The lowest BCUT2D eigenvalue weighted by molar-refractivity contribution is 0.115. The number of ether oxygens (including phenoxy) is 1. The van der Waals surface area contributed by atoms with E-state index in [0.29, 0.717) is 6.54 Å². The van der Waals surface area contributed by atoms with Gasteiger partial charge in [-0.05, 0) is 25.8 Å². The Labute approximate surface area is 102 Å². The lowest BCUT2D eigenvalue weighted by Crippen LogP contribution is -2.42. The molecule has 92 valence electrons. The van der Waals surface area contributed by atoms with Gasteiger partial charge in [0.15, 0.2) is 0 Å². The summed E-state index contributed by atoms with van der Waals surface area (Å²) in [6.07, 6.45) is 0.698. The van der Waals surface area contributed by atoms with Crippen molar-refractivity contribution in [2.24, 2.45) is 0 Å². The fourth-order valence-corrected chi connectivity index (χ4v) is 2.19. The summed E-state index contributed by atoms with van der Waals surface area (Å²) < 4.78 is 5.32. The first-order valence-corrected chi connectivity index (χ1v) is 6.09. The molecule has 2 rings (SSSR count). The molecule has 3 nitrogen and oxygen atoms in total. The van der Waals surface area contributed by atoms with Crippen LogP contribution in [0, 0.1) is 0 Å². The van der Waals surface area contributed by atoms with Crippen LogP contribution >= 0.6 is 0 Å². The number of amides is 1. The third-order valence-corrected chi connectivity index (χ3v) is 3.48. The van der Waals surface area contributed by atoms with Crippen molar-refractivity contribution in [1.82, 2.24) is 4.90 Å². The standard InChI is InChI=1S/C14H19NO2/c1-4-12-10-15(13(16)17-12)14(2,3)11-8-6-5-7-9-11/h5-9,12H,4,10H2,1-3H3. The van der Waals surface area contributed by atoms with Gasteiger partial charge in [0.25, 0.3) is 0 Å². The molecule has 1 atom stereocenters. The molecule has 1 amide bonds. The SMILES string of the molecule is CCC1CN(C(C)(C)c2ccccc2)C(=O)O1. The van der Waals surface area contributed by atoms with E-state index >= 15 is 0 Å². The van der Waals surface area contributed by atoms with Crippen LogP contribution in [-0.2, 0) is 10.3 Å². The maximum absolute atomic E-state index is 11.9. The van der Waals surface area contributed by atoms with Gasteiger partial charge >= 0.3 is 6.09 Å². The predicted octanol–water partition coefficient (Wildman–Crippen LogP) is 3.15. The summed E-state index contributed by atoms with van der Waals surface area (Å²) >= 11 is 0. The molecule has 1 saturated heterocycles. The first-order chi connectivity index (χ1) is 8.05. The highest BCUT2D eigenvalue weighted by atomic mass is 16.6. The van der Waals surface area contributed by atoms with Crippen LogP contribution in [0.1, 0.15) is 32.8 Å². The van der Waals surface area contributed by atoms with E-state index in [1.165, 1.54) is 0 Å². The van der Waals surface area contributed by atoms with Crippen molar-refractivity contribution in [2.75, 3.05) is 6.54 Å². The molecule has 0 aliphatic carbocycles. The maximum Gasteiger partial charge on any atom is 0.410 e. The Morgan fingerprint density at radius 2 is 2.00 bits per heavy atom. The topological polar surface area (TPSA) is 29.5 Å². The van der Waals surface area contributed by atoms with Crippen LogP contribution in [0.15, 0.2) is 30.3 Å². The highest BCUT2D eigenvalue weighted by molar-refractivity contribution is 5.71. The number of hydrogen-bond donors (Lipinski definition) is 0. The molecule has 0 bridgehead atoms. The van der Waals surface area contributed by atoms with Crippen molar-refractivity contribution in [3.8, 4) is 0 Å². The molecule has 0 radical (unpaired) electrons. The third kappa shape index (κ3) is 2.14. The average Bonchev–Trinajstić information content (AvgIpc) is 2.72. The highest BCUT2D eigenvalue weighted by Gasteiger charge is 2.40. The van der Waals surface area contributed by atoms with Gasteiger partial charge in [0.1, 0.15) is 6.10 Å². The van der Waals surface area contributed by atoms with Crippen LogP contribution in [0.5, 0.6) is 0 Å². The normalized spacial score (nSPS) is 20.5. The van der Waals surface area contributed by atoms with Crippen LogP contribution in [0.2, 0.25) is 0 Å². The molecule has 1 aromatic carbocycles. The quantitative estimate of drug-likeness (QED) is 0.802. The molecule has 1 aliphatic rings. The van der Waals surface area contributed by atoms with Gasteiger partial charge in [0.2, 0.25) is 0 Å². The number of cyclic esters (lactones) is 1. The Hall–Kier alpha value is -1.51. The minimum Gasteiger partial charge on any atom is -0.444 e. The molecular formula is C14H19NO2. The minimum absolute atomic E-state index is 0.0329. The first kappa shape index (κ1) is 12.0. The van der Waals surface area contributed by atoms with Gasteiger partial charge in [-0.25, -0.2) is 4.79 Å². The minimum atomic E-state index is -0.317. The molecule has 0 spiro atoms. The summed E-state index contributed by atoms with van der Waals surface area (Å²) in [6.45, 7) is 6.83. The van der Waals surface area contributed by atoms with E-state index in [9.17, 15) is 4.79 Å². The number of hydrogen-bond acceptors (Lipinski definition) is 2. The second-order valence-corrected chi connectivity index (χ2v) is 4.95. The van der Waals surface area contributed by atoms with Gasteiger partial charge in [-0.1, -0.05) is 37.3 Å². The molecule has 1 unspecified atom stereocenters. The van der Waals surface area contributed by atoms with E-state index in [4.69, 9.17) is 4.74 Å². The summed E-state index contributed by atoms with van der Waals surface area (Å²) in [5, 5.41) is 0. The monoisotopic (exact) mass is 233 g/mol. The van der Waals surface area contributed by atoms with Gasteiger partial charge in [-0.2, -0.15) is 0 Å². The summed E-state index contributed by atoms with van der Waals surface area (Å²) in [4.78, 5) is 13.7. The molecule has 1 heterocycles. The molecule has 1 fully saturated rings. The van der Waals surface area contributed by atoms with Gasteiger partial charge in [0, 0.05) is 0 Å². The van der Waals surface area contributed by atoms with Crippen molar-refractivity contribution in [3.63, 3.8) is 0 Å². The van der Waals surface area contributed by atoms with Crippen LogP contribution in [0.4, 0.5) is 4.79 Å². The van der Waals surface area contributed by atoms with Crippen LogP contribution < -0.4 is 0 Å². The fourth-order valence-electron chi connectivity index (χ4n) is 2.19. The summed E-state index contributed by atoms with van der Waals surface area (Å²) in [5.74, 6) is 0. The van der Waals surface area contributed by atoms with Crippen molar-refractivity contribution >= 4 is 6.09 Å². The van der Waals surface area contributed by atoms with E-state index in [-0.39, 0.29) is 17.7 Å². The van der Waals surface area contributed by atoms with Gasteiger partial charge in [0.05, 0.1) is 12.1 Å². The summed E-state index contributed by atoms with van der Waals surface area (Å²) in [5.41, 5.74) is 0.816. The number of carbonyl (C=O) groups is 1. The van der Waals surface area contributed by atoms with Gasteiger partial charge in [-0.15, -0.1) is 0 Å². The number of nitrogens with zero attached hydrogens (tertiary/aromatic N) is 1. The number of benzene rings is 1. The Bertz CT molecular complexity index is 400. The number of rotatable bonds is 3. The van der Waals surface area contributed by atoms with E-state index in [1.54, 1.807) is 0 Å². The van der Waals surface area contributed by atoms with E-state index in [0.717, 1.165) is 12.0 Å². The largest absolute Gasteiger partial charge is 0.444 e. The molecular weight excluding hydrogens is 214 g/mol. The molecule has 17 heavy (non-hydrogen) atoms. The molecule has 3 heteroatoms. The van der Waals surface area contributed by atoms with Gasteiger partial charge in [-0.3, -0.25) is 4.90 Å². The molecule has 0 saturated carbocycles. The van der Waals surface area contributed by atoms with E-state index < -0.39 is 0 Å². The second-order valence-electron chi connectivity index (χ2n) is 4.95. The average molecular weight is 233 g/mol. The van der Waals surface area contributed by atoms with Gasteiger partial charge < -0.3 is 4.74 Å².